The zero-order valence-electron chi connectivity index (χ0n) is 21.4. The standard InChI is InChI=1S/C27H25ClN6O3S/c1-14-32-33-26(38-14)31-25(36)27(2,3)21-17-10-12-19(15-6-8-16(9-7-15)24(35)34(4)5)29-22(17)37-23-18(21)11-13-20(28)30-23/h6-13,21H,1-5H3,(H,31,33,36). The van der Waals surface area contributed by atoms with E-state index in [1.165, 1.54) is 16.2 Å². The van der Waals surface area contributed by atoms with Crippen molar-refractivity contribution in [2.45, 2.75) is 26.7 Å². The molecule has 5 rings (SSSR count). The fourth-order valence-corrected chi connectivity index (χ4v) is 5.18. The van der Waals surface area contributed by atoms with Crippen molar-refractivity contribution in [1.82, 2.24) is 25.1 Å². The first-order valence-corrected chi connectivity index (χ1v) is 13.0. The van der Waals surface area contributed by atoms with Crippen LogP contribution in [0.25, 0.3) is 11.3 Å². The molecule has 38 heavy (non-hydrogen) atoms. The Bertz CT molecular complexity index is 1550. The lowest BCUT2D eigenvalue weighted by atomic mass is 9.70. The second-order valence-electron chi connectivity index (χ2n) is 9.73. The number of nitrogens with one attached hydrogen (secondary N) is 1. The highest BCUT2D eigenvalue weighted by molar-refractivity contribution is 7.15. The summed E-state index contributed by atoms with van der Waals surface area (Å²) in [5.41, 5.74) is 2.59. The lowest BCUT2D eigenvalue weighted by Gasteiger charge is -2.37. The molecule has 0 bridgehead atoms. The average molecular weight is 549 g/mol. The number of aromatic nitrogens is 4. The molecule has 4 heterocycles. The number of pyridine rings is 2. The molecule has 1 atom stereocenters. The number of amides is 2. The number of halogens is 1. The number of aryl methyl sites for hydroxylation is 1. The minimum atomic E-state index is -0.945. The van der Waals surface area contributed by atoms with Gasteiger partial charge < -0.3 is 15.0 Å². The highest BCUT2D eigenvalue weighted by Crippen LogP contribution is 2.51. The first-order chi connectivity index (χ1) is 18.0. The summed E-state index contributed by atoms with van der Waals surface area (Å²) in [5, 5.41) is 12.4. The van der Waals surface area contributed by atoms with E-state index in [9.17, 15) is 9.59 Å². The van der Waals surface area contributed by atoms with Crippen LogP contribution >= 0.6 is 22.9 Å². The van der Waals surface area contributed by atoms with Crippen molar-refractivity contribution < 1.29 is 14.3 Å². The lowest BCUT2D eigenvalue weighted by molar-refractivity contribution is -0.124. The number of benzene rings is 1. The van der Waals surface area contributed by atoms with E-state index in [0.29, 0.717) is 28.1 Å². The van der Waals surface area contributed by atoms with Gasteiger partial charge >= 0.3 is 0 Å². The van der Waals surface area contributed by atoms with Gasteiger partial charge in [0.25, 0.3) is 5.91 Å². The number of rotatable bonds is 5. The van der Waals surface area contributed by atoms with Crippen molar-refractivity contribution >= 4 is 39.9 Å². The molecule has 0 radical (unpaired) electrons. The maximum atomic E-state index is 13.5. The molecule has 1 aliphatic heterocycles. The number of fused-ring (bicyclic) bond motifs is 2. The van der Waals surface area contributed by atoms with Gasteiger partial charge in [0, 0.05) is 42.3 Å². The number of nitrogens with zero attached hydrogens (tertiary/aromatic N) is 5. The van der Waals surface area contributed by atoms with E-state index in [2.05, 4.69) is 20.5 Å². The fraction of sp³-hybridized carbons (Fsp3) is 0.259. The number of carbonyl (C=O) groups excluding carboxylic acids is 2. The molecule has 194 valence electrons. The normalized spacial score (nSPS) is 14.2. The van der Waals surface area contributed by atoms with Gasteiger partial charge in [-0.05, 0) is 37.3 Å². The Morgan fingerprint density at radius 1 is 0.974 bits per heavy atom. The van der Waals surface area contributed by atoms with E-state index in [1.54, 1.807) is 32.3 Å². The van der Waals surface area contributed by atoms with Gasteiger partial charge in [0.15, 0.2) is 0 Å². The number of anilines is 1. The molecule has 0 saturated heterocycles. The van der Waals surface area contributed by atoms with Gasteiger partial charge in [-0.3, -0.25) is 9.59 Å². The van der Waals surface area contributed by atoms with Crippen molar-refractivity contribution in [1.29, 1.82) is 0 Å². The molecule has 0 fully saturated rings. The van der Waals surface area contributed by atoms with Crippen molar-refractivity contribution in [3.05, 3.63) is 75.4 Å². The van der Waals surface area contributed by atoms with Gasteiger partial charge in [0.05, 0.1) is 11.1 Å². The molecule has 1 aromatic carbocycles. The smallest absolute Gasteiger partial charge is 0.253 e. The Hall–Kier alpha value is -3.89. The molecule has 1 aliphatic rings. The van der Waals surface area contributed by atoms with Crippen molar-refractivity contribution in [2.75, 3.05) is 19.4 Å². The molecule has 1 unspecified atom stereocenters. The topological polar surface area (TPSA) is 110 Å². The zero-order valence-corrected chi connectivity index (χ0v) is 23.0. The highest BCUT2D eigenvalue weighted by atomic mass is 35.5. The van der Waals surface area contributed by atoms with E-state index < -0.39 is 11.3 Å². The van der Waals surface area contributed by atoms with Crippen LogP contribution in [-0.2, 0) is 4.79 Å². The second kappa shape index (κ2) is 9.77. The van der Waals surface area contributed by atoms with E-state index >= 15 is 0 Å². The van der Waals surface area contributed by atoms with Crippen LogP contribution in [0.2, 0.25) is 5.15 Å². The van der Waals surface area contributed by atoms with Crippen LogP contribution in [-0.4, -0.2) is 51.0 Å². The molecule has 11 heteroatoms. The third kappa shape index (κ3) is 4.72. The SMILES string of the molecule is Cc1nnc(NC(=O)C(C)(C)C2c3ccc(Cl)nc3Oc3nc(-c4ccc(C(=O)N(C)C)cc4)ccc32)s1. The number of hydrogen-bond donors (Lipinski definition) is 1. The van der Waals surface area contributed by atoms with Gasteiger partial charge in [-0.1, -0.05) is 55.0 Å². The quantitative estimate of drug-likeness (QED) is 0.325. The maximum absolute atomic E-state index is 13.5. The minimum Gasteiger partial charge on any atom is -0.420 e. The number of ether oxygens (including phenoxy) is 1. The molecular formula is C27H25ClN6O3S. The Morgan fingerprint density at radius 2 is 1.63 bits per heavy atom. The van der Waals surface area contributed by atoms with Gasteiger partial charge in [-0.15, -0.1) is 10.2 Å². The van der Waals surface area contributed by atoms with Gasteiger partial charge in [0.1, 0.15) is 10.2 Å². The monoisotopic (exact) mass is 548 g/mol. The molecular weight excluding hydrogens is 524 g/mol. The largest absolute Gasteiger partial charge is 0.420 e. The van der Waals surface area contributed by atoms with Crippen LogP contribution in [0.5, 0.6) is 11.8 Å². The Kier molecular flexibility index (Phi) is 6.62. The molecule has 3 aromatic heterocycles. The fourth-order valence-electron chi connectivity index (χ4n) is 4.46. The summed E-state index contributed by atoms with van der Waals surface area (Å²) < 4.78 is 6.12. The summed E-state index contributed by atoms with van der Waals surface area (Å²) in [6.07, 6.45) is 0. The maximum Gasteiger partial charge on any atom is 0.253 e. The second-order valence-corrected chi connectivity index (χ2v) is 11.3. The molecule has 1 N–H and O–H groups in total. The lowest BCUT2D eigenvalue weighted by Crippen LogP contribution is -2.38. The van der Waals surface area contributed by atoms with Crippen LogP contribution in [0.15, 0.2) is 48.5 Å². The Labute approximate surface area is 228 Å². The number of carbonyl (C=O) groups is 2. The molecule has 0 spiro atoms. The van der Waals surface area contributed by atoms with E-state index in [4.69, 9.17) is 21.3 Å². The molecule has 0 saturated carbocycles. The Morgan fingerprint density at radius 3 is 2.26 bits per heavy atom. The van der Waals surface area contributed by atoms with Crippen LogP contribution < -0.4 is 10.1 Å². The van der Waals surface area contributed by atoms with Gasteiger partial charge in [-0.25, -0.2) is 9.97 Å². The predicted molar refractivity (Wildman–Crippen MR) is 146 cm³/mol. The molecule has 9 nitrogen and oxygen atoms in total. The van der Waals surface area contributed by atoms with E-state index in [1.807, 2.05) is 51.1 Å². The molecule has 4 aromatic rings. The summed E-state index contributed by atoms with van der Waals surface area (Å²) in [5.74, 6) is -0.0840. The number of hydrogen-bond acceptors (Lipinski definition) is 8. The molecule has 2 amide bonds. The van der Waals surface area contributed by atoms with E-state index in [0.717, 1.165) is 21.7 Å². The summed E-state index contributed by atoms with van der Waals surface area (Å²) in [6.45, 7) is 5.56. The Balaban J connectivity index is 1.54. The van der Waals surface area contributed by atoms with Gasteiger partial charge in [-0.2, -0.15) is 0 Å². The third-order valence-electron chi connectivity index (χ3n) is 6.45. The molecule has 0 aliphatic carbocycles. The van der Waals surface area contributed by atoms with Crippen LogP contribution in [0, 0.1) is 12.3 Å². The summed E-state index contributed by atoms with van der Waals surface area (Å²) >= 11 is 7.50. The van der Waals surface area contributed by atoms with Crippen LogP contribution in [0.4, 0.5) is 5.13 Å². The first kappa shape index (κ1) is 25.7. The van der Waals surface area contributed by atoms with Crippen molar-refractivity contribution in [3.63, 3.8) is 0 Å². The van der Waals surface area contributed by atoms with E-state index in [-0.39, 0.29) is 17.0 Å². The van der Waals surface area contributed by atoms with Crippen LogP contribution in [0.3, 0.4) is 0 Å². The summed E-state index contributed by atoms with van der Waals surface area (Å²) in [6, 6.07) is 14.5. The third-order valence-corrected chi connectivity index (χ3v) is 7.41. The van der Waals surface area contributed by atoms with Crippen molar-refractivity contribution in [3.8, 4) is 23.0 Å². The zero-order chi connectivity index (χ0) is 27.2. The van der Waals surface area contributed by atoms with Crippen molar-refractivity contribution in [2.24, 2.45) is 5.41 Å². The minimum absolute atomic E-state index is 0.0788. The predicted octanol–water partition coefficient (Wildman–Crippen LogP) is 5.56. The highest BCUT2D eigenvalue weighted by Gasteiger charge is 2.45. The average Bonchev–Trinajstić information content (AvgIpc) is 3.30. The summed E-state index contributed by atoms with van der Waals surface area (Å²) in [4.78, 5) is 36.5. The van der Waals surface area contributed by atoms with Crippen LogP contribution in [0.1, 0.15) is 46.3 Å². The first-order valence-electron chi connectivity index (χ1n) is 11.8. The summed E-state index contributed by atoms with van der Waals surface area (Å²) in [7, 11) is 3.42. The van der Waals surface area contributed by atoms with Gasteiger partial charge in [0.2, 0.25) is 22.8 Å².